The Hall–Kier alpha value is -4.30. The number of nitrogens with zero attached hydrogens (tertiary/aromatic N) is 7. The Bertz CT molecular complexity index is 1620. The van der Waals surface area contributed by atoms with Crippen molar-refractivity contribution in [2.24, 2.45) is 0 Å². The fourth-order valence-electron chi connectivity index (χ4n) is 5.80. The van der Waals surface area contributed by atoms with Crippen LogP contribution in [0.4, 0.5) is 17.1 Å². The first-order valence-electron chi connectivity index (χ1n) is 18.2. The molecule has 0 amide bonds. The van der Waals surface area contributed by atoms with E-state index in [1.165, 1.54) is 29.8 Å². The summed E-state index contributed by atoms with van der Waals surface area (Å²) in [7, 11) is 4.80. The van der Waals surface area contributed by atoms with E-state index in [-0.39, 0.29) is 12.8 Å². The lowest BCUT2D eigenvalue weighted by atomic mass is 9.93. The highest BCUT2D eigenvalue weighted by molar-refractivity contribution is 9.08. The zero-order valence-corrected chi connectivity index (χ0v) is 33.0. The van der Waals surface area contributed by atoms with E-state index in [2.05, 4.69) is 48.0 Å². The van der Waals surface area contributed by atoms with Crippen LogP contribution in [0.2, 0.25) is 0 Å². The van der Waals surface area contributed by atoms with Gasteiger partial charge in [-0.15, -0.1) is 0 Å². The van der Waals surface area contributed by atoms with Crippen LogP contribution in [0, 0.1) is 20.2 Å². The van der Waals surface area contributed by atoms with E-state index >= 15 is 0 Å². The van der Waals surface area contributed by atoms with E-state index < -0.39 is 9.85 Å². The fourth-order valence-corrected chi connectivity index (χ4v) is 6.17. The van der Waals surface area contributed by atoms with Crippen molar-refractivity contribution >= 4 is 73.8 Å². The molecule has 0 aromatic heterocycles. The Morgan fingerprint density at radius 3 is 1.27 bits per heavy atom. The number of carbonyl (C=O) groups is 3. The van der Waals surface area contributed by atoms with Crippen molar-refractivity contribution in [1.29, 1.82) is 0 Å². The van der Waals surface area contributed by atoms with E-state index in [4.69, 9.17) is 5.73 Å². The SMILES string of the molecule is Nc1ccc(CN2CCN([B]C=O)CC2)cc1.O=C[B]N1CCN(Cc2ccc([N+](=O)[O-])cc2)CC1.O=C[B]N1CCNCC1.O=[N+]([O-])c1ccc(CBr)cc1.[HH]. The summed E-state index contributed by atoms with van der Waals surface area (Å²) in [6.07, 6.45) is 2.51. The van der Waals surface area contributed by atoms with Gasteiger partial charge in [0.25, 0.3) is 33.6 Å². The number of anilines is 1. The highest BCUT2D eigenvalue weighted by Gasteiger charge is 2.18. The van der Waals surface area contributed by atoms with Crippen molar-refractivity contribution in [3.05, 3.63) is 110 Å². The van der Waals surface area contributed by atoms with Crippen molar-refractivity contribution in [2.45, 2.75) is 18.4 Å². The van der Waals surface area contributed by atoms with Crippen LogP contribution >= 0.6 is 15.9 Å². The highest BCUT2D eigenvalue weighted by Crippen LogP contribution is 2.15. The van der Waals surface area contributed by atoms with Crippen molar-refractivity contribution in [3.63, 3.8) is 0 Å². The number of halogens is 1. The van der Waals surface area contributed by atoms with Crippen LogP contribution in [0.3, 0.4) is 0 Å². The molecule has 3 N–H and O–H groups in total. The number of alkyl halides is 1. The first-order valence-corrected chi connectivity index (χ1v) is 19.4. The third kappa shape index (κ3) is 18.1. The van der Waals surface area contributed by atoms with Gasteiger partial charge in [-0.2, -0.15) is 0 Å². The van der Waals surface area contributed by atoms with Crippen molar-refractivity contribution < 1.29 is 25.7 Å². The van der Waals surface area contributed by atoms with E-state index in [1.54, 1.807) is 46.5 Å². The van der Waals surface area contributed by atoms with Crippen LogP contribution in [-0.2, 0) is 32.8 Å². The van der Waals surface area contributed by atoms with Gasteiger partial charge < -0.3 is 39.9 Å². The Labute approximate surface area is 340 Å². The second kappa shape index (κ2) is 26.5. The molecule has 0 bridgehead atoms. The van der Waals surface area contributed by atoms with Gasteiger partial charge in [-0.05, 0) is 41.9 Å². The maximum Gasteiger partial charge on any atom is 0.293 e. The van der Waals surface area contributed by atoms with Gasteiger partial charge in [0.15, 0.2) is 0 Å². The van der Waals surface area contributed by atoms with Gasteiger partial charge in [0, 0.05) is 115 Å². The molecule has 3 aliphatic rings. The summed E-state index contributed by atoms with van der Waals surface area (Å²) in [5, 5.41) is 24.7. The number of hydrogen-bond donors (Lipinski definition) is 2. The molecule has 297 valence electrons. The van der Waals surface area contributed by atoms with Gasteiger partial charge in [0.1, 0.15) is 0 Å². The number of benzene rings is 3. The monoisotopic (exact) mass is 832 g/mol. The van der Waals surface area contributed by atoms with E-state index in [1.807, 2.05) is 21.8 Å². The minimum Gasteiger partial charge on any atom is -0.399 e. The van der Waals surface area contributed by atoms with Gasteiger partial charge in [0.2, 0.25) is 0 Å². The van der Waals surface area contributed by atoms with Crippen LogP contribution in [0.1, 0.15) is 18.1 Å². The summed E-state index contributed by atoms with van der Waals surface area (Å²) in [5.41, 5.74) is 10.1. The molecular weight excluding hydrogens is 783 g/mol. The van der Waals surface area contributed by atoms with Gasteiger partial charge in [0.05, 0.1) is 28.4 Å². The number of non-ortho nitro benzene ring substituents is 2. The predicted octanol–water partition coefficient (Wildman–Crippen LogP) is 2.15. The number of hydrogen-bond acceptors (Lipinski definition) is 14. The van der Waals surface area contributed by atoms with Crippen molar-refractivity contribution in [3.8, 4) is 0 Å². The molecule has 0 saturated carbocycles. The standard InChI is InChI=1S/C12H15BN3O3.C12H17BN3O.C7H6BrNO2.C5H10BN2O.H2/c17-10-13-15-7-5-14(6-8-15)9-11-1-3-12(4-2-11)16(18)19;14-12-3-1-11(2-4-12)9-15-5-7-16(8-6-15)13-10-17;8-5-6-1-3-7(4-2-6)9(10)11;9-5-6-8-3-1-7-2-4-8;/h1-4,10H,5-9H2;1-4,10H,5-9,14H2;1-4H,5H2;5,7H,1-4H2;1H. The topological polar surface area (TPSA) is 192 Å². The molecule has 56 heavy (non-hydrogen) atoms. The molecule has 3 aromatic rings. The van der Waals surface area contributed by atoms with Crippen LogP contribution < -0.4 is 11.1 Å². The lowest BCUT2D eigenvalue weighted by Gasteiger charge is -2.33. The zero-order chi connectivity index (χ0) is 40.5. The smallest absolute Gasteiger partial charge is 0.293 e. The number of piperazine rings is 3. The molecule has 0 unspecified atom stereocenters. The summed E-state index contributed by atoms with van der Waals surface area (Å²) >= 11 is 3.25. The Kier molecular flexibility index (Phi) is 21.8. The van der Waals surface area contributed by atoms with Crippen molar-refractivity contribution in [1.82, 2.24) is 29.5 Å². The average molecular weight is 833 g/mol. The molecule has 6 rings (SSSR count). The Balaban J connectivity index is 0.000000271. The van der Waals surface area contributed by atoms with Gasteiger partial charge >= 0.3 is 0 Å². The summed E-state index contributed by atoms with van der Waals surface area (Å²) in [6, 6.07) is 21.1. The maximum atomic E-state index is 10.6. The summed E-state index contributed by atoms with van der Waals surface area (Å²) in [5.74, 6) is 0. The van der Waals surface area contributed by atoms with Crippen LogP contribution in [0.15, 0.2) is 72.8 Å². The number of nitrogen functional groups attached to an aromatic ring is 1. The first-order chi connectivity index (χ1) is 27.1. The molecular formula is C36H50B3BrN9O7. The minimum absolute atomic E-state index is 0. The number of nitro benzene ring substituents is 2. The molecule has 0 aliphatic carbocycles. The van der Waals surface area contributed by atoms with E-state index in [0.29, 0.717) is 0 Å². The Morgan fingerprint density at radius 2 is 0.929 bits per heavy atom. The number of carbonyl (C=O) groups excluding carboxylic acids is 3. The van der Waals surface area contributed by atoms with Crippen molar-refractivity contribution in [2.75, 3.05) is 84.3 Å². The zero-order valence-electron chi connectivity index (χ0n) is 31.4. The predicted molar refractivity (Wildman–Crippen MR) is 227 cm³/mol. The quantitative estimate of drug-likeness (QED) is 0.0636. The molecule has 0 atom stereocenters. The van der Waals surface area contributed by atoms with E-state index in [9.17, 15) is 34.6 Å². The maximum absolute atomic E-state index is 10.6. The molecule has 20 heteroatoms. The van der Waals surface area contributed by atoms with Gasteiger partial charge in [-0.1, -0.05) is 52.3 Å². The lowest BCUT2D eigenvalue weighted by Crippen LogP contribution is -2.47. The number of nitro groups is 2. The van der Waals surface area contributed by atoms with Crippen LogP contribution in [0.5, 0.6) is 0 Å². The molecule has 3 fully saturated rings. The molecule has 3 aliphatic heterocycles. The lowest BCUT2D eigenvalue weighted by molar-refractivity contribution is -0.385. The van der Waals surface area contributed by atoms with Crippen LogP contribution in [-0.4, -0.2) is 153 Å². The van der Waals surface area contributed by atoms with Crippen LogP contribution in [0.25, 0.3) is 0 Å². The fraction of sp³-hybridized carbons (Fsp3) is 0.417. The van der Waals surface area contributed by atoms with Gasteiger partial charge in [-0.3, -0.25) is 30.0 Å². The average Bonchev–Trinajstić information content (AvgIpc) is 3.22. The normalized spacial score (nSPS) is 16.5. The third-order valence-corrected chi connectivity index (χ3v) is 9.67. The Morgan fingerprint density at radius 1 is 0.589 bits per heavy atom. The number of rotatable bonds is 13. The molecule has 16 nitrogen and oxygen atoms in total. The minimum atomic E-state index is -0.405. The number of nitrogens with one attached hydrogen (secondary N) is 1. The molecule has 3 heterocycles. The summed E-state index contributed by atoms with van der Waals surface area (Å²) in [4.78, 5) is 61.4. The molecule has 3 saturated heterocycles. The molecule has 0 spiro atoms. The number of nitrogens with two attached hydrogens (primary N) is 1. The second-order valence-corrected chi connectivity index (χ2v) is 13.5. The van der Waals surface area contributed by atoms with E-state index in [0.717, 1.165) is 132 Å². The highest BCUT2D eigenvalue weighted by atomic mass is 79.9. The second-order valence-electron chi connectivity index (χ2n) is 13.0. The van der Waals surface area contributed by atoms with Gasteiger partial charge in [-0.25, -0.2) is 0 Å². The third-order valence-electron chi connectivity index (χ3n) is 9.02. The summed E-state index contributed by atoms with van der Waals surface area (Å²) < 4.78 is 0. The first kappa shape index (κ1) is 46.1. The molecule has 3 radical (unpaired) electrons. The largest absolute Gasteiger partial charge is 0.399 e. The summed E-state index contributed by atoms with van der Waals surface area (Å²) in [6.45, 7) is 12.9. The molecule has 3 aromatic carbocycles.